The Morgan fingerprint density at radius 1 is 1.18 bits per heavy atom. The normalized spacial score (nSPS) is 12.4. The number of ether oxygens (including phenoxy) is 1. The molecule has 7 nitrogen and oxygen atoms in total. The van der Waals surface area contributed by atoms with E-state index in [1.165, 1.54) is 11.3 Å². The van der Waals surface area contributed by atoms with E-state index in [0.29, 0.717) is 45.5 Å². The summed E-state index contributed by atoms with van der Waals surface area (Å²) in [6.45, 7) is 19.8. The lowest BCUT2D eigenvalue weighted by Crippen LogP contribution is -2.42. The number of aryl methyl sites for hydroxylation is 1. The minimum absolute atomic E-state index is 0.109. The van der Waals surface area contributed by atoms with Crippen LogP contribution < -0.4 is 10.1 Å². The van der Waals surface area contributed by atoms with Gasteiger partial charge in [-0.25, -0.2) is 4.98 Å². The summed E-state index contributed by atoms with van der Waals surface area (Å²) >= 11 is 1.35. The maximum absolute atomic E-state index is 12.8. The fourth-order valence-corrected chi connectivity index (χ4v) is 5.05. The van der Waals surface area contributed by atoms with Gasteiger partial charge in [-0.15, -0.1) is 11.3 Å². The van der Waals surface area contributed by atoms with Gasteiger partial charge in [0.2, 0.25) is 0 Å². The van der Waals surface area contributed by atoms with Crippen LogP contribution in [-0.4, -0.2) is 65.2 Å². The number of amides is 1. The summed E-state index contributed by atoms with van der Waals surface area (Å²) in [6, 6.07) is 8.58. The van der Waals surface area contributed by atoms with Gasteiger partial charge >= 0.3 is 0 Å². The molecule has 186 valence electrons. The molecule has 2 aromatic rings. The van der Waals surface area contributed by atoms with Crippen LogP contribution >= 0.6 is 11.3 Å². The van der Waals surface area contributed by atoms with Crippen LogP contribution in [-0.2, 0) is 0 Å². The Hall–Kier alpha value is -2.47. The van der Waals surface area contributed by atoms with Crippen molar-refractivity contribution in [3.63, 3.8) is 0 Å². The van der Waals surface area contributed by atoms with Crippen LogP contribution in [0.15, 0.2) is 18.2 Å². The molecule has 34 heavy (non-hydrogen) atoms. The molecule has 1 aromatic carbocycles. The summed E-state index contributed by atoms with van der Waals surface area (Å²) in [5.74, 6) is 0.443. The monoisotopic (exact) mass is 485 g/mol. The van der Waals surface area contributed by atoms with Gasteiger partial charge in [-0.2, -0.15) is 5.26 Å². The number of aromatic nitrogens is 1. The molecule has 0 aliphatic heterocycles. The second kappa shape index (κ2) is 12.8. The maximum Gasteiger partial charge on any atom is 0.263 e. The second-order valence-electron chi connectivity index (χ2n) is 8.88. The van der Waals surface area contributed by atoms with Crippen LogP contribution in [0.4, 0.5) is 0 Å². The van der Waals surface area contributed by atoms with E-state index in [4.69, 9.17) is 4.74 Å². The van der Waals surface area contributed by atoms with Crippen molar-refractivity contribution in [1.82, 2.24) is 20.1 Å². The van der Waals surface area contributed by atoms with Gasteiger partial charge in [0, 0.05) is 30.7 Å². The quantitative estimate of drug-likeness (QED) is 0.431. The van der Waals surface area contributed by atoms with Crippen LogP contribution in [0.1, 0.15) is 69.4 Å². The van der Waals surface area contributed by atoms with E-state index in [0.717, 1.165) is 25.2 Å². The van der Waals surface area contributed by atoms with Crippen LogP contribution in [0.5, 0.6) is 5.75 Å². The third-order valence-corrected chi connectivity index (χ3v) is 7.16. The summed E-state index contributed by atoms with van der Waals surface area (Å²) in [5, 5.41) is 13.4. The van der Waals surface area contributed by atoms with Crippen molar-refractivity contribution < 1.29 is 9.53 Å². The molecule has 0 bridgehead atoms. The molecule has 1 heterocycles. The van der Waals surface area contributed by atoms with Gasteiger partial charge in [0.1, 0.15) is 27.9 Å². The Bertz CT molecular complexity index is 984. The minimum Gasteiger partial charge on any atom is -0.474 e. The lowest BCUT2D eigenvalue weighted by molar-refractivity contribution is 0.0478. The van der Waals surface area contributed by atoms with Crippen molar-refractivity contribution in [2.75, 3.05) is 26.2 Å². The van der Waals surface area contributed by atoms with Gasteiger partial charge in [0.05, 0.1) is 11.3 Å². The molecule has 0 radical (unpaired) electrons. The third kappa shape index (κ3) is 7.02. The third-order valence-electron chi connectivity index (χ3n) is 5.96. The lowest BCUT2D eigenvalue weighted by atomic mass is 10.1. The Balaban J connectivity index is 2.14. The van der Waals surface area contributed by atoms with Crippen molar-refractivity contribution in [1.29, 1.82) is 5.26 Å². The average Bonchev–Trinajstić information content (AvgIpc) is 3.18. The first-order chi connectivity index (χ1) is 16.1. The molecule has 1 aromatic heterocycles. The Morgan fingerprint density at radius 2 is 1.82 bits per heavy atom. The van der Waals surface area contributed by atoms with Gasteiger partial charge in [-0.05, 0) is 72.8 Å². The summed E-state index contributed by atoms with van der Waals surface area (Å²) in [5.41, 5.74) is 1.95. The summed E-state index contributed by atoms with van der Waals surface area (Å²) in [6.07, 6.45) is -0.132. The second-order valence-corrected chi connectivity index (χ2v) is 9.87. The van der Waals surface area contributed by atoms with E-state index in [1.807, 2.05) is 26.0 Å². The number of carbonyl (C=O) groups excluding carboxylic acids is 1. The summed E-state index contributed by atoms with van der Waals surface area (Å²) in [7, 11) is 0. The van der Waals surface area contributed by atoms with Crippen LogP contribution in [0, 0.1) is 18.3 Å². The summed E-state index contributed by atoms with van der Waals surface area (Å²) in [4.78, 5) is 22.5. The smallest absolute Gasteiger partial charge is 0.263 e. The molecule has 0 fully saturated rings. The van der Waals surface area contributed by atoms with Crippen molar-refractivity contribution >= 4 is 17.2 Å². The number of nitrogens with one attached hydrogen (secondary N) is 1. The molecule has 0 saturated heterocycles. The molecule has 0 saturated carbocycles. The van der Waals surface area contributed by atoms with E-state index in [-0.39, 0.29) is 12.1 Å². The zero-order valence-electron chi connectivity index (χ0n) is 21.8. The molecular weight excluding hydrogens is 446 g/mol. The topological polar surface area (TPSA) is 81.5 Å². The maximum atomic E-state index is 12.8. The number of rotatable bonds is 12. The predicted octanol–water partition coefficient (Wildman–Crippen LogP) is 4.91. The highest BCUT2D eigenvalue weighted by Crippen LogP contribution is 2.31. The van der Waals surface area contributed by atoms with Gasteiger partial charge < -0.3 is 10.1 Å². The molecule has 2 rings (SSSR count). The van der Waals surface area contributed by atoms with E-state index < -0.39 is 0 Å². The Kier molecular flexibility index (Phi) is 10.5. The standard InChI is InChI=1S/C26H39N5O2S/c1-9-30(10-2)20(8)33-23-12-11-21(15-22(23)16-27)26-29-19(7)24(34-26)25(32)28-13-14-31(17(3)4)18(5)6/h11-12,15,17-18,20H,9-10,13-14H2,1-8H3,(H,28,32). The molecule has 0 aliphatic carbocycles. The molecule has 1 unspecified atom stereocenters. The largest absolute Gasteiger partial charge is 0.474 e. The van der Waals surface area contributed by atoms with Crippen molar-refractivity contribution in [2.24, 2.45) is 0 Å². The highest BCUT2D eigenvalue weighted by atomic mass is 32.1. The first kappa shape index (κ1) is 27.8. The van der Waals surface area contributed by atoms with Gasteiger partial charge in [-0.3, -0.25) is 14.6 Å². The van der Waals surface area contributed by atoms with E-state index >= 15 is 0 Å². The molecule has 1 amide bonds. The molecule has 0 spiro atoms. The van der Waals surface area contributed by atoms with Crippen molar-refractivity contribution in [2.45, 2.75) is 73.7 Å². The number of hydrogen-bond donors (Lipinski definition) is 1. The average molecular weight is 486 g/mol. The predicted molar refractivity (Wildman–Crippen MR) is 139 cm³/mol. The van der Waals surface area contributed by atoms with E-state index in [9.17, 15) is 10.1 Å². The minimum atomic E-state index is -0.132. The fraction of sp³-hybridized carbons (Fsp3) is 0.577. The zero-order valence-corrected chi connectivity index (χ0v) is 22.6. The number of nitriles is 1. The first-order valence-electron chi connectivity index (χ1n) is 12.1. The zero-order chi connectivity index (χ0) is 25.4. The molecule has 1 atom stereocenters. The summed E-state index contributed by atoms with van der Waals surface area (Å²) < 4.78 is 6.05. The molecular formula is C26H39N5O2S. The Labute approximate surface area is 208 Å². The van der Waals surface area contributed by atoms with Crippen LogP contribution in [0.2, 0.25) is 0 Å². The van der Waals surface area contributed by atoms with Crippen LogP contribution in [0.25, 0.3) is 10.6 Å². The fourth-order valence-electron chi connectivity index (χ4n) is 4.07. The van der Waals surface area contributed by atoms with Gasteiger partial charge in [0.15, 0.2) is 0 Å². The number of thiazole rings is 1. The van der Waals surface area contributed by atoms with Crippen LogP contribution in [0.3, 0.4) is 0 Å². The van der Waals surface area contributed by atoms with Crippen molar-refractivity contribution in [3.05, 3.63) is 34.3 Å². The van der Waals surface area contributed by atoms with E-state index in [2.05, 4.69) is 67.7 Å². The SMILES string of the molecule is CCN(CC)C(C)Oc1ccc(-c2nc(C)c(C(=O)NCCN(C(C)C)C(C)C)s2)cc1C#N. The number of carbonyl (C=O) groups is 1. The highest BCUT2D eigenvalue weighted by Gasteiger charge is 2.19. The van der Waals surface area contributed by atoms with Gasteiger partial charge in [0.25, 0.3) is 5.91 Å². The number of hydrogen-bond acceptors (Lipinski definition) is 7. The van der Waals surface area contributed by atoms with Gasteiger partial charge in [-0.1, -0.05) is 13.8 Å². The number of benzene rings is 1. The lowest BCUT2D eigenvalue weighted by Gasteiger charge is -2.30. The highest BCUT2D eigenvalue weighted by molar-refractivity contribution is 7.17. The number of nitrogens with zero attached hydrogens (tertiary/aromatic N) is 4. The molecule has 8 heteroatoms. The first-order valence-corrected chi connectivity index (χ1v) is 12.9. The van der Waals surface area contributed by atoms with E-state index in [1.54, 1.807) is 6.07 Å². The molecule has 0 aliphatic rings. The molecule has 1 N–H and O–H groups in total. The van der Waals surface area contributed by atoms with Crippen molar-refractivity contribution in [3.8, 4) is 22.4 Å². The Morgan fingerprint density at radius 3 is 2.38 bits per heavy atom.